The Morgan fingerprint density at radius 1 is 1.10 bits per heavy atom. The molecule has 0 aromatic heterocycles. The summed E-state index contributed by atoms with van der Waals surface area (Å²) >= 11 is 0. The van der Waals surface area contributed by atoms with Crippen LogP contribution < -0.4 is 4.74 Å². The Morgan fingerprint density at radius 2 is 1.81 bits per heavy atom. The number of rotatable bonds is 5. The molecule has 4 atom stereocenters. The summed E-state index contributed by atoms with van der Waals surface area (Å²) in [5.41, 5.74) is 2.21. The third-order valence-electron chi connectivity index (χ3n) is 4.27. The molecule has 1 saturated heterocycles. The van der Waals surface area contributed by atoms with Crippen LogP contribution in [-0.2, 0) is 0 Å². The van der Waals surface area contributed by atoms with Crippen molar-refractivity contribution in [3.63, 3.8) is 0 Å². The van der Waals surface area contributed by atoms with Gasteiger partial charge in [0.1, 0.15) is 5.75 Å². The first-order valence-corrected chi connectivity index (χ1v) is 7.33. The van der Waals surface area contributed by atoms with E-state index in [-0.39, 0.29) is 6.04 Å². The normalized spacial score (nSPS) is 23.4. The summed E-state index contributed by atoms with van der Waals surface area (Å²) in [7, 11) is 1.65. The maximum absolute atomic E-state index is 10.5. The van der Waals surface area contributed by atoms with Crippen LogP contribution in [0.2, 0.25) is 0 Å². The number of aliphatic hydroxyl groups excluding tert-OH is 1. The Bertz CT molecular complexity index is 599. The highest BCUT2D eigenvalue weighted by Crippen LogP contribution is 2.39. The molecule has 21 heavy (non-hydrogen) atoms. The molecule has 1 unspecified atom stereocenters. The predicted molar refractivity (Wildman–Crippen MR) is 83.3 cm³/mol. The van der Waals surface area contributed by atoms with Crippen LogP contribution in [0.25, 0.3) is 0 Å². The lowest BCUT2D eigenvalue weighted by molar-refractivity contribution is 0.151. The van der Waals surface area contributed by atoms with Gasteiger partial charge in [-0.2, -0.15) is 0 Å². The first-order valence-electron chi connectivity index (χ1n) is 7.33. The lowest BCUT2D eigenvalue weighted by atomic mass is 10.1. The Labute approximate surface area is 125 Å². The molecule has 0 amide bonds. The first-order chi connectivity index (χ1) is 10.2. The maximum Gasteiger partial charge on any atom is 0.119 e. The van der Waals surface area contributed by atoms with Crippen LogP contribution in [0.3, 0.4) is 0 Å². The minimum atomic E-state index is -0.466. The van der Waals surface area contributed by atoms with E-state index in [1.165, 1.54) is 5.56 Å². The van der Waals surface area contributed by atoms with Crippen LogP contribution in [0.1, 0.15) is 30.2 Å². The second kappa shape index (κ2) is 5.88. The molecule has 3 heteroatoms. The van der Waals surface area contributed by atoms with Gasteiger partial charge < -0.3 is 9.84 Å². The van der Waals surface area contributed by atoms with Gasteiger partial charge in [0.2, 0.25) is 0 Å². The van der Waals surface area contributed by atoms with Gasteiger partial charge in [0.05, 0.1) is 19.3 Å². The van der Waals surface area contributed by atoms with Crippen molar-refractivity contribution < 1.29 is 9.84 Å². The number of ether oxygens (including phenoxy) is 1. The molecular weight excluding hydrogens is 262 g/mol. The minimum Gasteiger partial charge on any atom is -0.497 e. The monoisotopic (exact) mass is 283 g/mol. The predicted octanol–water partition coefficient (Wildman–Crippen LogP) is 3.17. The SMILES string of the molecule is COc1cccc([C@@H](O)[C@@H]2CN2[C@H](C)c2ccccc2)c1. The smallest absolute Gasteiger partial charge is 0.119 e. The summed E-state index contributed by atoms with van der Waals surface area (Å²) in [4.78, 5) is 2.32. The number of nitrogens with zero attached hydrogens (tertiary/aromatic N) is 1. The van der Waals surface area contributed by atoms with Gasteiger partial charge >= 0.3 is 0 Å². The van der Waals surface area contributed by atoms with E-state index < -0.39 is 6.10 Å². The van der Waals surface area contributed by atoms with Crippen LogP contribution >= 0.6 is 0 Å². The van der Waals surface area contributed by atoms with E-state index in [0.717, 1.165) is 17.9 Å². The quantitative estimate of drug-likeness (QED) is 0.855. The molecule has 0 aliphatic carbocycles. The fraction of sp³-hybridized carbons (Fsp3) is 0.333. The van der Waals surface area contributed by atoms with E-state index in [0.29, 0.717) is 6.04 Å². The molecular formula is C18H21NO2. The molecule has 1 aliphatic rings. The van der Waals surface area contributed by atoms with Crippen molar-refractivity contribution in [2.24, 2.45) is 0 Å². The van der Waals surface area contributed by atoms with Crippen molar-refractivity contribution in [1.82, 2.24) is 4.90 Å². The van der Waals surface area contributed by atoms with E-state index in [9.17, 15) is 5.11 Å². The van der Waals surface area contributed by atoms with Crippen molar-refractivity contribution in [2.45, 2.75) is 25.1 Å². The van der Waals surface area contributed by atoms with Crippen molar-refractivity contribution in [2.75, 3.05) is 13.7 Å². The molecule has 0 radical (unpaired) electrons. The van der Waals surface area contributed by atoms with Crippen LogP contribution in [0.4, 0.5) is 0 Å². The summed E-state index contributed by atoms with van der Waals surface area (Å²) in [5.74, 6) is 0.787. The average molecular weight is 283 g/mol. The molecule has 3 nitrogen and oxygen atoms in total. The van der Waals surface area contributed by atoms with Gasteiger partial charge in [-0.25, -0.2) is 0 Å². The molecule has 0 spiro atoms. The van der Waals surface area contributed by atoms with Crippen molar-refractivity contribution >= 4 is 0 Å². The van der Waals surface area contributed by atoms with E-state index in [2.05, 4.69) is 36.1 Å². The largest absolute Gasteiger partial charge is 0.497 e. The second-order valence-corrected chi connectivity index (χ2v) is 5.57. The lowest BCUT2D eigenvalue weighted by Gasteiger charge is -2.17. The van der Waals surface area contributed by atoms with Gasteiger partial charge in [-0.05, 0) is 30.2 Å². The summed E-state index contributed by atoms with van der Waals surface area (Å²) in [5, 5.41) is 10.5. The zero-order valence-electron chi connectivity index (χ0n) is 12.4. The van der Waals surface area contributed by atoms with Gasteiger partial charge in [0, 0.05) is 12.6 Å². The molecule has 2 aromatic rings. The standard InChI is InChI=1S/C18H21NO2/c1-13(14-7-4-3-5-8-14)19-12-17(19)18(20)15-9-6-10-16(11-15)21-2/h3-11,13,17-18,20H,12H2,1-2H3/t13-,17+,18-,19?/m1/s1. The lowest BCUT2D eigenvalue weighted by Crippen LogP contribution is -2.14. The Kier molecular flexibility index (Phi) is 3.95. The number of hydrogen-bond donors (Lipinski definition) is 1. The number of methoxy groups -OCH3 is 1. The highest BCUT2D eigenvalue weighted by Gasteiger charge is 2.43. The van der Waals surface area contributed by atoms with E-state index in [1.54, 1.807) is 7.11 Å². The van der Waals surface area contributed by atoms with Crippen molar-refractivity contribution in [3.8, 4) is 5.75 Å². The van der Waals surface area contributed by atoms with Crippen LogP contribution in [0.5, 0.6) is 5.75 Å². The Hall–Kier alpha value is -1.84. The van der Waals surface area contributed by atoms with Gasteiger partial charge in [-0.3, -0.25) is 4.90 Å². The fourth-order valence-corrected chi connectivity index (χ4v) is 2.87. The highest BCUT2D eigenvalue weighted by molar-refractivity contribution is 5.32. The van der Waals surface area contributed by atoms with E-state index >= 15 is 0 Å². The topological polar surface area (TPSA) is 32.5 Å². The maximum atomic E-state index is 10.5. The zero-order valence-corrected chi connectivity index (χ0v) is 12.4. The number of benzene rings is 2. The van der Waals surface area contributed by atoms with E-state index in [4.69, 9.17) is 4.74 Å². The molecule has 0 bridgehead atoms. The molecule has 1 N–H and O–H groups in total. The number of aliphatic hydroxyl groups is 1. The van der Waals surface area contributed by atoms with Gasteiger partial charge in [-0.1, -0.05) is 42.5 Å². The Morgan fingerprint density at radius 3 is 2.52 bits per heavy atom. The van der Waals surface area contributed by atoms with Crippen LogP contribution in [-0.4, -0.2) is 29.7 Å². The van der Waals surface area contributed by atoms with Crippen molar-refractivity contribution in [1.29, 1.82) is 0 Å². The molecule has 1 fully saturated rings. The average Bonchev–Trinajstić information content (AvgIpc) is 3.35. The highest BCUT2D eigenvalue weighted by atomic mass is 16.5. The fourth-order valence-electron chi connectivity index (χ4n) is 2.87. The van der Waals surface area contributed by atoms with Crippen LogP contribution in [0, 0.1) is 0 Å². The third kappa shape index (κ3) is 2.94. The van der Waals surface area contributed by atoms with Crippen LogP contribution in [0.15, 0.2) is 54.6 Å². The van der Waals surface area contributed by atoms with Gasteiger partial charge in [0.25, 0.3) is 0 Å². The molecule has 1 heterocycles. The molecule has 110 valence electrons. The van der Waals surface area contributed by atoms with Crippen molar-refractivity contribution in [3.05, 3.63) is 65.7 Å². The summed E-state index contributed by atoms with van der Waals surface area (Å²) in [6.07, 6.45) is -0.466. The number of hydrogen-bond acceptors (Lipinski definition) is 3. The zero-order chi connectivity index (χ0) is 14.8. The molecule has 1 aliphatic heterocycles. The molecule has 2 aromatic carbocycles. The summed E-state index contributed by atoms with van der Waals surface area (Å²) in [6.45, 7) is 3.11. The molecule has 0 saturated carbocycles. The summed E-state index contributed by atoms with van der Waals surface area (Å²) in [6, 6.07) is 18.6. The third-order valence-corrected chi connectivity index (χ3v) is 4.27. The molecule has 3 rings (SSSR count). The van der Waals surface area contributed by atoms with Gasteiger partial charge in [-0.15, -0.1) is 0 Å². The van der Waals surface area contributed by atoms with E-state index in [1.807, 2.05) is 30.3 Å². The van der Waals surface area contributed by atoms with Gasteiger partial charge in [0.15, 0.2) is 0 Å². The minimum absolute atomic E-state index is 0.187. The second-order valence-electron chi connectivity index (χ2n) is 5.57. The summed E-state index contributed by atoms with van der Waals surface area (Å²) < 4.78 is 5.22. The Balaban J connectivity index is 1.69. The first kappa shape index (κ1) is 14.1.